The van der Waals surface area contributed by atoms with Gasteiger partial charge >= 0.3 is 0 Å². The third kappa shape index (κ3) is 10.7. The zero-order valence-corrected chi connectivity index (χ0v) is 57.4. The minimum atomic E-state index is -2.50. The zero-order valence-electron chi connectivity index (χ0n) is 58.1. The van der Waals surface area contributed by atoms with Gasteiger partial charge in [0.2, 0.25) is 0 Å². The molecule has 6 heteroatoms. The standard InChI is InChI=1S/C89H77N4O.Pt/c1-58-49-80(90-56-73(58)82-83-74(86(2,3)45-47-88(83,6)7)55-75-84(82)89(8,9)48-46-87(75,4)5)93-78-42-26-37-69(61-31-18-12-19-32-61)81(78)72-44-43-68(54-79(72)93)94-67-36-24-35-66(53-67)91-57-92(77-41-23-22-40-76(77)91)85-70(62-33-20-13-21-34-62)38-25-39-71(85)65-51-63(59-27-14-10-15-28-59)50-64(52-65)60-29-16-11-17-30-60;/h10-44,49-52,55-57H,45-48H2,1-9H3;/q-3;/i1D3;. The summed E-state index contributed by atoms with van der Waals surface area (Å²) in [7, 11) is 0. The third-order valence-electron chi connectivity index (χ3n) is 20.7. The smallest absolute Gasteiger partial charge is 0.135 e. The largest absolute Gasteiger partial charge is 0.509 e. The molecule has 2 aromatic heterocycles. The van der Waals surface area contributed by atoms with Crippen LogP contribution in [-0.4, -0.2) is 9.55 Å². The maximum absolute atomic E-state index is 9.54. The van der Waals surface area contributed by atoms with Crippen molar-refractivity contribution in [2.24, 2.45) is 0 Å². The van der Waals surface area contributed by atoms with E-state index in [1.807, 2.05) is 36.5 Å². The fourth-order valence-electron chi connectivity index (χ4n) is 15.6. The Morgan fingerprint density at radius 3 is 1.54 bits per heavy atom. The van der Waals surface area contributed by atoms with Crippen LogP contribution in [0.4, 0.5) is 22.7 Å². The van der Waals surface area contributed by atoms with Crippen LogP contribution in [0.3, 0.4) is 0 Å². The zero-order chi connectivity index (χ0) is 66.8. The normalized spacial score (nSPS) is 16.2. The van der Waals surface area contributed by atoms with Gasteiger partial charge in [-0.25, -0.2) is 4.98 Å². The molecule has 0 saturated carbocycles. The van der Waals surface area contributed by atoms with Gasteiger partial charge in [-0.05, 0) is 180 Å². The molecule has 0 bridgehead atoms. The number of pyridine rings is 1. The first-order valence-electron chi connectivity index (χ1n) is 34.7. The van der Waals surface area contributed by atoms with Crippen molar-refractivity contribution in [3.8, 4) is 84.1 Å². The van der Waals surface area contributed by atoms with E-state index in [9.17, 15) is 4.11 Å². The van der Waals surface area contributed by atoms with E-state index in [-0.39, 0.29) is 48.3 Å². The number of anilines is 4. The predicted octanol–water partition coefficient (Wildman–Crippen LogP) is 24.0. The SMILES string of the molecule is [2H]C([2H])([2H])c1cc(-n2c3[c-]c(Oc4[c-]c(N5[CH-]N(c6c(-c7ccccc7)cccc6-c6cc(-c7ccccc7)cc(-c7ccccc7)c6)c6ccccc65)ccc4)ccc3c3c(-c4ccccc4)cccc32)ncc1-c1c2c(cc3c1C(C)(C)CCC3(C)C)C(C)(C)CCC2(C)C.[Pt]. The Morgan fingerprint density at radius 1 is 0.442 bits per heavy atom. The number of hydrogen-bond acceptors (Lipinski definition) is 4. The molecule has 3 aliphatic rings. The van der Waals surface area contributed by atoms with Crippen LogP contribution < -0.4 is 14.5 Å². The molecule has 0 spiro atoms. The summed E-state index contributed by atoms with van der Waals surface area (Å²) >= 11 is 0. The van der Waals surface area contributed by atoms with Crippen molar-refractivity contribution in [1.29, 1.82) is 0 Å². The Morgan fingerprint density at radius 2 is 0.937 bits per heavy atom. The third-order valence-corrected chi connectivity index (χ3v) is 20.7. The van der Waals surface area contributed by atoms with Gasteiger partial charge in [0.1, 0.15) is 5.82 Å². The van der Waals surface area contributed by atoms with Crippen LogP contribution in [-0.2, 0) is 42.7 Å². The van der Waals surface area contributed by atoms with Gasteiger partial charge in [0, 0.05) is 82.1 Å². The summed E-state index contributed by atoms with van der Waals surface area (Å²) in [5, 5.41) is 1.94. The Bertz CT molecular complexity index is 5120. The molecule has 0 radical (unpaired) electrons. The summed E-state index contributed by atoms with van der Waals surface area (Å²) < 4.78 is 37.7. The molecule has 472 valence electrons. The van der Waals surface area contributed by atoms with Crippen molar-refractivity contribution in [3.05, 3.63) is 295 Å². The average Bonchev–Trinajstić information content (AvgIpc) is 0.836. The van der Waals surface area contributed by atoms with Crippen molar-refractivity contribution in [3.63, 3.8) is 0 Å². The van der Waals surface area contributed by atoms with Crippen LogP contribution in [0.5, 0.6) is 11.5 Å². The molecule has 3 heterocycles. The van der Waals surface area contributed by atoms with Gasteiger partial charge in [-0.3, -0.25) is 0 Å². The van der Waals surface area contributed by atoms with Crippen LogP contribution in [0.2, 0.25) is 0 Å². The van der Waals surface area contributed by atoms with Gasteiger partial charge in [0.05, 0.1) is 0 Å². The Labute approximate surface area is 579 Å². The summed E-state index contributed by atoms with van der Waals surface area (Å²) in [4.78, 5) is 10.00. The van der Waals surface area contributed by atoms with Crippen molar-refractivity contribution in [1.82, 2.24) is 9.55 Å². The monoisotopic (exact) mass is 1420 g/mol. The molecule has 0 unspecified atom stereocenters. The molecule has 0 amide bonds. The van der Waals surface area contributed by atoms with E-state index in [0.29, 0.717) is 28.4 Å². The first-order valence-corrected chi connectivity index (χ1v) is 33.2. The van der Waals surface area contributed by atoms with Crippen molar-refractivity contribution >= 4 is 44.6 Å². The Kier molecular flexibility index (Phi) is 14.5. The second-order valence-corrected chi connectivity index (χ2v) is 28.7. The van der Waals surface area contributed by atoms with Crippen molar-refractivity contribution in [2.45, 2.75) is 110 Å². The molecule has 0 atom stereocenters. The van der Waals surface area contributed by atoms with E-state index in [1.54, 1.807) is 0 Å². The van der Waals surface area contributed by atoms with E-state index >= 15 is 0 Å². The first-order chi connectivity index (χ1) is 46.7. The summed E-state index contributed by atoms with van der Waals surface area (Å²) in [6.07, 6.45) is 5.96. The number of ether oxygens (including phenoxy) is 1. The molecular weight excluding hydrogens is 1340 g/mol. The van der Waals surface area contributed by atoms with E-state index < -0.39 is 6.85 Å². The number of rotatable bonds is 11. The van der Waals surface area contributed by atoms with Gasteiger partial charge < -0.3 is 19.1 Å². The summed E-state index contributed by atoms with van der Waals surface area (Å²) in [6, 6.07) is 92.8. The number of aromatic nitrogens is 2. The molecule has 13 aromatic rings. The molecule has 5 nitrogen and oxygen atoms in total. The molecule has 95 heavy (non-hydrogen) atoms. The second kappa shape index (κ2) is 23.7. The topological polar surface area (TPSA) is 33.5 Å². The molecule has 16 rings (SSSR count). The summed E-state index contributed by atoms with van der Waals surface area (Å²) in [6.45, 7) is 18.6. The molecule has 11 aromatic carbocycles. The molecule has 2 aliphatic carbocycles. The fourth-order valence-corrected chi connectivity index (χ4v) is 15.6. The van der Waals surface area contributed by atoms with Crippen LogP contribution in [0, 0.1) is 25.7 Å². The maximum atomic E-state index is 9.54. The molecule has 0 fully saturated rings. The van der Waals surface area contributed by atoms with Crippen molar-refractivity contribution in [2.75, 3.05) is 9.80 Å². The minimum absolute atomic E-state index is 0. The van der Waals surface area contributed by atoms with Crippen LogP contribution >= 0.6 is 0 Å². The second-order valence-electron chi connectivity index (χ2n) is 28.7. The van der Waals surface area contributed by atoms with Gasteiger partial charge in [-0.1, -0.05) is 231 Å². The van der Waals surface area contributed by atoms with Gasteiger partial charge in [-0.2, -0.15) is 12.1 Å². The molecular formula is C89H77N4OPt-3. The van der Waals surface area contributed by atoms with E-state index in [4.69, 9.17) is 9.72 Å². The number of benzene rings is 11. The fraction of sp³-hybridized carbons (Fsp3) is 0.191. The maximum Gasteiger partial charge on any atom is 0.135 e. The van der Waals surface area contributed by atoms with Crippen LogP contribution in [0.15, 0.2) is 249 Å². The molecule has 0 saturated heterocycles. The summed E-state index contributed by atoms with van der Waals surface area (Å²) in [5.74, 6) is 1.46. The number of aryl methyl sites for hydroxylation is 1. The number of hydrogen-bond donors (Lipinski definition) is 0. The first kappa shape index (κ1) is 58.1. The Hall–Kier alpha value is -9.54. The van der Waals surface area contributed by atoms with Gasteiger partial charge in [0.25, 0.3) is 0 Å². The van der Waals surface area contributed by atoms with Crippen LogP contribution in [0.1, 0.15) is 113 Å². The Balaban J connectivity index is 0.00000784. The number of fused-ring (bicyclic) bond motifs is 6. The molecule has 0 N–H and O–H groups in total. The van der Waals surface area contributed by atoms with E-state index in [1.165, 1.54) is 22.3 Å². The minimum Gasteiger partial charge on any atom is -0.509 e. The molecule has 1 aliphatic heterocycles. The van der Waals surface area contributed by atoms with Crippen LogP contribution in [0.25, 0.3) is 94.4 Å². The quantitative estimate of drug-likeness (QED) is 0.121. The van der Waals surface area contributed by atoms with E-state index in [0.717, 1.165) is 126 Å². The van der Waals surface area contributed by atoms with E-state index in [2.05, 4.69) is 301 Å². The van der Waals surface area contributed by atoms with Crippen molar-refractivity contribution < 1.29 is 29.9 Å². The number of para-hydroxylation sites is 3. The van der Waals surface area contributed by atoms with Gasteiger partial charge in [-0.15, -0.1) is 48.1 Å². The number of nitrogens with zero attached hydrogens (tertiary/aromatic N) is 4. The summed E-state index contributed by atoms with van der Waals surface area (Å²) in [5.41, 5.74) is 23.0. The van der Waals surface area contributed by atoms with Gasteiger partial charge in [0.15, 0.2) is 0 Å². The average molecular weight is 1420 g/mol. The predicted molar refractivity (Wildman–Crippen MR) is 392 cm³/mol.